The molecule has 0 N–H and O–H groups in total. The minimum atomic E-state index is 0.558. The molecule has 2 rings (SSSR count). The van der Waals surface area contributed by atoms with E-state index < -0.39 is 0 Å². The van der Waals surface area contributed by atoms with Crippen LogP contribution in [0.25, 0.3) is 10.9 Å². The summed E-state index contributed by atoms with van der Waals surface area (Å²) < 4.78 is 4.32. The number of pyridine rings is 1. The van der Waals surface area contributed by atoms with Crippen molar-refractivity contribution in [2.75, 3.05) is 0 Å². The Labute approximate surface area is 75.4 Å². The van der Waals surface area contributed by atoms with Crippen LogP contribution < -0.4 is 0 Å². The molecule has 0 aliphatic rings. The van der Waals surface area contributed by atoms with E-state index in [9.17, 15) is 0 Å². The Kier molecular flexibility index (Phi) is 1.81. The molecule has 0 bridgehead atoms. The third-order valence-corrected chi connectivity index (χ3v) is 3.01. The Balaban J connectivity index is 2.70. The lowest BCUT2D eigenvalue weighted by atomic mass is 10.1. The molecular formula is C9H10N2S. The van der Waals surface area contributed by atoms with E-state index >= 15 is 0 Å². The minimum absolute atomic E-state index is 0.558. The quantitative estimate of drug-likeness (QED) is 0.671. The maximum atomic E-state index is 4.32. The summed E-state index contributed by atoms with van der Waals surface area (Å²) in [5.74, 6) is 0.558. The second-order valence-corrected chi connectivity index (χ2v) is 3.90. The summed E-state index contributed by atoms with van der Waals surface area (Å²) in [6.07, 6.45) is 3.64. The van der Waals surface area contributed by atoms with Crippen LogP contribution >= 0.6 is 11.5 Å². The monoisotopic (exact) mass is 178 g/mol. The van der Waals surface area contributed by atoms with Gasteiger partial charge in [0.2, 0.25) is 0 Å². The van der Waals surface area contributed by atoms with Crippen molar-refractivity contribution in [1.29, 1.82) is 0 Å². The lowest BCUT2D eigenvalue weighted by Gasteiger charge is -1.98. The highest BCUT2D eigenvalue weighted by atomic mass is 32.1. The van der Waals surface area contributed by atoms with Crippen LogP contribution in [-0.2, 0) is 0 Å². The normalized spacial score (nSPS) is 11.2. The average Bonchev–Trinajstić information content (AvgIpc) is 2.47. The van der Waals surface area contributed by atoms with Crippen LogP contribution in [0.1, 0.15) is 24.6 Å². The Morgan fingerprint density at radius 3 is 3.00 bits per heavy atom. The first-order valence-electron chi connectivity index (χ1n) is 3.98. The fourth-order valence-electron chi connectivity index (χ4n) is 1.23. The van der Waals surface area contributed by atoms with Gasteiger partial charge in [-0.1, -0.05) is 13.8 Å². The van der Waals surface area contributed by atoms with Gasteiger partial charge in [-0.05, 0) is 23.5 Å². The van der Waals surface area contributed by atoms with Gasteiger partial charge in [0.15, 0.2) is 0 Å². The topological polar surface area (TPSA) is 25.8 Å². The van der Waals surface area contributed by atoms with Gasteiger partial charge in [0, 0.05) is 16.5 Å². The Hall–Kier alpha value is -0.960. The van der Waals surface area contributed by atoms with Crippen molar-refractivity contribution in [2.45, 2.75) is 19.8 Å². The summed E-state index contributed by atoms with van der Waals surface area (Å²) >= 11 is 1.58. The third-order valence-electron chi connectivity index (χ3n) is 1.83. The Bertz CT molecular complexity index is 392. The molecule has 12 heavy (non-hydrogen) atoms. The van der Waals surface area contributed by atoms with Gasteiger partial charge in [-0.25, -0.2) is 0 Å². The van der Waals surface area contributed by atoms with Gasteiger partial charge < -0.3 is 0 Å². The summed E-state index contributed by atoms with van der Waals surface area (Å²) in [6.45, 7) is 4.38. The summed E-state index contributed by atoms with van der Waals surface area (Å²) in [5, 5.41) is 1.25. The molecule has 62 valence electrons. The minimum Gasteiger partial charge on any atom is -0.262 e. The van der Waals surface area contributed by atoms with Gasteiger partial charge in [0.25, 0.3) is 0 Å². The summed E-state index contributed by atoms with van der Waals surface area (Å²) in [5.41, 5.74) is 1.02. The Morgan fingerprint density at radius 2 is 2.25 bits per heavy atom. The molecule has 0 atom stereocenters. The molecule has 0 aromatic carbocycles. The van der Waals surface area contributed by atoms with Crippen LogP contribution in [0.15, 0.2) is 18.5 Å². The standard InChI is InChI=1S/C9H10N2S/c1-6(2)9-7-3-4-10-5-8(7)11-12-9/h3-6H,1-2H3. The molecule has 2 aromatic rings. The van der Waals surface area contributed by atoms with Crippen LogP contribution in [0.2, 0.25) is 0 Å². The van der Waals surface area contributed by atoms with Gasteiger partial charge >= 0.3 is 0 Å². The molecule has 0 amide bonds. The van der Waals surface area contributed by atoms with Crippen molar-refractivity contribution in [3.8, 4) is 0 Å². The van der Waals surface area contributed by atoms with Gasteiger partial charge in [0.1, 0.15) is 5.52 Å². The zero-order valence-corrected chi connectivity index (χ0v) is 7.93. The van der Waals surface area contributed by atoms with Crippen LogP contribution in [0.3, 0.4) is 0 Å². The molecule has 2 aromatic heterocycles. The van der Waals surface area contributed by atoms with E-state index in [0.717, 1.165) is 5.52 Å². The van der Waals surface area contributed by atoms with Crippen LogP contribution in [0, 0.1) is 0 Å². The first-order valence-corrected chi connectivity index (χ1v) is 4.75. The number of fused-ring (bicyclic) bond motifs is 1. The molecule has 2 nitrogen and oxygen atoms in total. The lowest BCUT2D eigenvalue weighted by Crippen LogP contribution is -1.81. The van der Waals surface area contributed by atoms with Gasteiger partial charge in [-0.15, -0.1) is 0 Å². The van der Waals surface area contributed by atoms with Crippen molar-refractivity contribution in [2.24, 2.45) is 0 Å². The zero-order valence-electron chi connectivity index (χ0n) is 7.11. The average molecular weight is 178 g/mol. The highest BCUT2D eigenvalue weighted by Crippen LogP contribution is 2.27. The van der Waals surface area contributed by atoms with E-state index in [0.29, 0.717) is 5.92 Å². The van der Waals surface area contributed by atoms with Gasteiger partial charge in [-0.3, -0.25) is 4.98 Å². The molecule has 0 radical (unpaired) electrons. The number of hydrogen-bond donors (Lipinski definition) is 0. The van der Waals surface area contributed by atoms with Crippen molar-refractivity contribution >= 4 is 22.4 Å². The van der Waals surface area contributed by atoms with Crippen molar-refractivity contribution in [1.82, 2.24) is 9.36 Å². The molecule has 0 saturated carbocycles. The fraction of sp³-hybridized carbons (Fsp3) is 0.333. The van der Waals surface area contributed by atoms with Crippen LogP contribution in [-0.4, -0.2) is 9.36 Å². The van der Waals surface area contributed by atoms with Crippen molar-refractivity contribution in [3.63, 3.8) is 0 Å². The third kappa shape index (κ3) is 1.10. The number of hydrogen-bond acceptors (Lipinski definition) is 3. The zero-order chi connectivity index (χ0) is 8.55. The largest absolute Gasteiger partial charge is 0.262 e. The second-order valence-electron chi connectivity index (χ2n) is 3.09. The van der Waals surface area contributed by atoms with E-state index in [4.69, 9.17) is 0 Å². The van der Waals surface area contributed by atoms with E-state index in [2.05, 4.69) is 23.2 Å². The highest BCUT2D eigenvalue weighted by Gasteiger charge is 2.07. The number of rotatable bonds is 1. The predicted octanol–water partition coefficient (Wildman–Crippen LogP) is 2.81. The molecule has 3 heteroatoms. The number of nitrogens with zero attached hydrogens (tertiary/aromatic N) is 2. The molecule has 0 fully saturated rings. The summed E-state index contributed by atoms with van der Waals surface area (Å²) in [6, 6.07) is 2.04. The molecule has 0 spiro atoms. The molecule has 0 aliphatic heterocycles. The van der Waals surface area contributed by atoms with E-state index in [-0.39, 0.29) is 0 Å². The number of aromatic nitrogens is 2. The first kappa shape index (κ1) is 7.68. The van der Waals surface area contributed by atoms with E-state index in [1.165, 1.54) is 10.3 Å². The Morgan fingerprint density at radius 1 is 1.42 bits per heavy atom. The molecule has 2 heterocycles. The summed E-state index contributed by atoms with van der Waals surface area (Å²) in [4.78, 5) is 5.38. The highest BCUT2D eigenvalue weighted by molar-refractivity contribution is 7.07. The second kappa shape index (κ2) is 2.83. The molecule has 0 unspecified atom stereocenters. The van der Waals surface area contributed by atoms with Crippen LogP contribution in [0.5, 0.6) is 0 Å². The summed E-state index contributed by atoms with van der Waals surface area (Å²) in [7, 11) is 0. The smallest absolute Gasteiger partial charge is 0.103 e. The van der Waals surface area contributed by atoms with Gasteiger partial charge in [-0.2, -0.15) is 4.37 Å². The fourth-order valence-corrected chi connectivity index (χ4v) is 2.06. The molecular weight excluding hydrogens is 168 g/mol. The predicted molar refractivity (Wildman–Crippen MR) is 51.5 cm³/mol. The van der Waals surface area contributed by atoms with E-state index in [1.807, 2.05) is 18.5 Å². The van der Waals surface area contributed by atoms with E-state index in [1.54, 1.807) is 11.5 Å². The maximum absolute atomic E-state index is 4.32. The lowest BCUT2D eigenvalue weighted by molar-refractivity contribution is 0.897. The molecule has 0 aliphatic carbocycles. The van der Waals surface area contributed by atoms with Gasteiger partial charge in [0.05, 0.1) is 6.20 Å². The van der Waals surface area contributed by atoms with Crippen molar-refractivity contribution in [3.05, 3.63) is 23.3 Å². The van der Waals surface area contributed by atoms with Crippen molar-refractivity contribution < 1.29 is 0 Å². The SMILES string of the molecule is CC(C)c1snc2cnccc12. The maximum Gasteiger partial charge on any atom is 0.103 e. The first-order chi connectivity index (χ1) is 5.79. The molecule has 0 saturated heterocycles. The van der Waals surface area contributed by atoms with Crippen LogP contribution in [0.4, 0.5) is 0 Å².